The first-order valence-corrected chi connectivity index (χ1v) is 7.91. The number of hydrogen-bond donors (Lipinski definition) is 2. The maximum absolute atomic E-state index is 12.8. The topological polar surface area (TPSA) is 35.5 Å². The highest BCUT2D eigenvalue weighted by Gasteiger charge is 2.41. The highest BCUT2D eigenvalue weighted by Crippen LogP contribution is 2.33. The number of aliphatic hydroxyl groups is 1. The first-order valence-electron chi connectivity index (χ1n) is 7.91. The molecule has 1 rings (SSSR count). The minimum absolute atomic E-state index is 0.0124. The molecule has 126 valence electrons. The standard InChI is InChI=1S/C15H29F3N2O/c1-4-8-19-14(11-21)7-5-6-13(9-14)20(12(2)3)10-15(16,17)18/h12-13,19,21H,4-11H2,1-3H3. The van der Waals surface area contributed by atoms with Crippen LogP contribution in [0.1, 0.15) is 52.9 Å². The van der Waals surface area contributed by atoms with E-state index < -0.39 is 18.3 Å². The summed E-state index contributed by atoms with van der Waals surface area (Å²) < 4.78 is 38.4. The molecular formula is C15H29F3N2O. The first kappa shape index (κ1) is 18.7. The Hall–Kier alpha value is -0.330. The van der Waals surface area contributed by atoms with Crippen molar-refractivity contribution in [3.8, 4) is 0 Å². The number of nitrogens with zero attached hydrogens (tertiary/aromatic N) is 1. The lowest BCUT2D eigenvalue weighted by Crippen LogP contribution is -2.58. The zero-order valence-corrected chi connectivity index (χ0v) is 13.3. The lowest BCUT2D eigenvalue weighted by molar-refractivity contribution is -0.158. The Labute approximate surface area is 125 Å². The highest BCUT2D eigenvalue weighted by molar-refractivity contribution is 4.97. The summed E-state index contributed by atoms with van der Waals surface area (Å²) in [5, 5.41) is 13.1. The molecular weight excluding hydrogens is 281 g/mol. The predicted molar refractivity (Wildman–Crippen MR) is 78.3 cm³/mol. The van der Waals surface area contributed by atoms with E-state index in [0.717, 1.165) is 32.2 Å². The van der Waals surface area contributed by atoms with Gasteiger partial charge in [0.2, 0.25) is 0 Å². The number of hydrogen-bond acceptors (Lipinski definition) is 3. The molecule has 0 radical (unpaired) electrons. The van der Waals surface area contributed by atoms with Crippen LogP contribution in [0, 0.1) is 0 Å². The van der Waals surface area contributed by atoms with Crippen molar-refractivity contribution in [3.05, 3.63) is 0 Å². The van der Waals surface area contributed by atoms with Gasteiger partial charge in [-0.1, -0.05) is 6.92 Å². The van der Waals surface area contributed by atoms with Crippen molar-refractivity contribution in [2.45, 2.75) is 76.7 Å². The second-order valence-corrected chi connectivity index (χ2v) is 6.50. The number of alkyl halides is 3. The maximum Gasteiger partial charge on any atom is 0.401 e. The fourth-order valence-electron chi connectivity index (χ4n) is 3.30. The smallest absolute Gasteiger partial charge is 0.394 e. The lowest BCUT2D eigenvalue weighted by atomic mass is 9.78. The normalized spacial score (nSPS) is 27.6. The van der Waals surface area contributed by atoms with Crippen molar-refractivity contribution in [2.75, 3.05) is 19.7 Å². The van der Waals surface area contributed by atoms with Gasteiger partial charge in [0.25, 0.3) is 0 Å². The minimum atomic E-state index is -4.18. The fourth-order valence-corrected chi connectivity index (χ4v) is 3.30. The number of nitrogens with one attached hydrogen (secondary N) is 1. The summed E-state index contributed by atoms with van der Waals surface area (Å²) in [7, 11) is 0. The second-order valence-electron chi connectivity index (χ2n) is 6.50. The van der Waals surface area contributed by atoms with E-state index in [1.54, 1.807) is 13.8 Å². The van der Waals surface area contributed by atoms with Gasteiger partial charge in [0.05, 0.1) is 13.2 Å². The number of halogens is 3. The number of aliphatic hydroxyl groups excluding tert-OH is 1. The molecule has 3 nitrogen and oxygen atoms in total. The summed E-state index contributed by atoms with van der Waals surface area (Å²) in [5.74, 6) is 0. The zero-order chi connectivity index (χ0) is 16.1. The first-order chi connectivity index (χ1) is 9.73. The van der Waals surface area contributed by atoms with Gasteiger partial charge in [0.15, 0.2) is 0 Å². The molecule has 0 aromatic rings. The highest BCUT2D eigenvalue weighted by atomic mass is 19.4. The van der Waals surface area contributed by atoms with Crippen LogP contribution in [0.15, 0.2) is 0 Å². The third-order valence-corrected chi connectivity index (χ3v) is 4.37. The van der Waals surface area contributed by atoms with Gasteiger partial charge in [0, 0.05) is 17.6 Å². The van der Waals surface area contributed by atoms with E-state index in [-0.39, 0.29) is 18.7 Å². The van der Waals surface area contributed by atoms with Crippen LogP contribution in [-0.2, 0) is 0 Å². The summed E-state index contributed by atoms with van der Waals surface area (Å²) in [6, 6.07) is -0.283. The minimum Gasteiger partial charge on any atom is -0.394 e. The monoisotopic (exact) mass is 310 g/mol. The molecule has 0 heterocycles. The molecule has 2 atom stereocenters. The van der Waals surface area contributed by atoms with Crippen LogP contribution in [0.5, 0.6) is 0 Å². The molecule has 1 aliphatic carbocycles. The van der Waals surface area contributed by atoms with Gasteiger partial charge in [-0.05, 0) is 52.5 Å². The van der Waals surface area contributed by atoms with Crippen molar-refractivity contribution in [3.63, 3.8) is 0 Å². The van der Waals surface area contributed by atoms with E-state index in [1.807, 2.05) is 6.92 Å². The molecule has 0 spiro atoms. The summed E-state index contributed by atoms with van der Waals surface area (Å²) in [5.41, 5.74) is -0.419. The Morgan fingerprint density at radius 1 is 1.38 bits per heavy atom. The van der Waals surface area contributed by atoms with Crippen molar-refractivity contribution in [1.29, 1.82) is 0 Å². The lowest BCUT2D eigenvalue weighted by Gasteiger charge is -2.46. The Morgan fingerprint density at radius 3 is 2.52 bits per heavy atom. The molecule has 1 aliphatic rings. The molecule has 0 aromatic carbocycles. The summed E-state index contributed by atoms with van der Waals surface area (Å²) in [6.07, 6.45) is -0.203. The molecule has 1 saturated carbocycles. The van der Waals surface area contributed by atoms with Crippen LogP contribution < -0.4 is 5.32 Å². The van der Waals surface area contributed by atoms with Gasteiger partial charge in [-0.25, -0.2) is 0 Å². The Bertz CT molecular complexity index is 310. The van der Waals surface area contributed by atoms with Crippen molar-refractivity contribution < 1.29 is 18.3 Å². The van der Waals surface area contributed by atoms with Crippen LogP contribution in [0.3, 0.4) is 0 Å². The van der Waals surface area contributed by atoms with Crippen LogP contribution in [-0.4, -0.2) is 53.5 Å². The predicted octanol–water partition coefficient (Wildman–Crippen LogP) is 2.93. The summed E-state index contributed by atoms with van der Waals surface area (Å²) in [6.45, 7) is 5.56. The molecule has 6 heteroatoms. The van der Waals surface area contributed by atoms with E-state index in [1.165, 1.54) is 4.90 Å². The van der Waals surface area contributed by atoms with Gasteiger partial charge < -0.3 is 10.4 Å². The Morgan fingerprint density at radius 2 is 2.05 bits per heavy atom. The SMILES string of the molecule is CCCNC1(CO)CCCC(N(CC(F)(F)F)C(C)C)C1. The molecule has 2 N–H and O–H groups in total. The molecule has 0 aromatic heterocycles. The Kier molecular flexibility index (Phi) is 6.94. The molecule has 1 fully saturated rings. The van der Waals surface area contributed by atoms with Crippen LogP contribution in [0.25, 0.3) is 0 Å². The number of rotatable bonds is 7. The Balaban J connectivity index is 2.79. The molecule has 2 unspecified atom stereocenters. The molecule has 0 bridgehead atoms. The third-order valence-electron chi connectivity index (χ3n) is 4.37. The van der Waals surface area contributed by atoms with E-state index in [2.05, 4.69) is 5.32 Å². The van der Waals surface area contributed by atoms with Gasteiger partial charge >= 0.3 is 6.18 Å². The van der Waals surface area contributed by atoms with E-state index in [4.69, 9.17) is 0 Å². The van der Waals surface area contributed by atoms with Crippen LogP contribution >= 0.6 is 0 Å². The quantitative estimate of drug-likeness (QED) is 0.759. The van der Waals surface area contributed by atoms with E-state index >= 15 is 0 Å². The van der Waals surface area contributed by atoms with Gasteiger partial charge in [-0.3, -0.25) is 4.90 Å². The van der Waals surface area contributed by atoms with E-state index in [0.29, 0.717) is 6.42 Å². The zero-order valence-electron chi connectivity index (χ0n) is 13.3. The maximum atomic E-state index is 12.8. The molecule has 21 heavy (non-hydrogen) atoms. The van der Waals surface area contributed by atoms with Gasteiger partial charge in [0.1, 0.15) is 0 Å². The van der Waals surface area contributed by atoms with Crippen molar-refractivity contribution in [1.82, 2.24) is 10.2 Å². The largest absolute Gasteiger partial charge is 0.401 e. The summed E-state index contributed by atoms with van der Waals surface area (Å²) >= 11 is 0. The average Bonchev–Trinajstić information content (AvgIpc) is 2.41. The molecule has 0 saturated heterocycles. The fraction of sp³-hybridized carbons (Fsp3) is 1.00. The third kappa shape index (κ3) is 5.75. The van der Waals surface area contributed by atoms with Gasteiger partial charge in [-0.2, -0.15) is 13.2 Å². The molecule has 0 aliphatic heterocycles. The van der Waals surface area contributed by atoms with Crippen LogP contribution in [0.2, 0.25) is 0 Å². The van der Waals surface area contributed by atoms with E-state index in [9.17, 15) is 18.3 Å². The summed E-state index contributed by atoms with van der Waals surface area (Å²) in [4.78, 5) is 1.54. The van der Waals surface area contributed by atoms with Crippen LogP contribution in [0.4, 0.5) is 13.2 Å². The second kappa shape index (κ2) is 7.79. The van der Waals surface area contributed by atoms with Crippen molar-refractivity contribution >= 4 is 0 Å². The average molecular weight is 310 g/mol. The van der Waals surface area contributed by atoms with Gasteiger partial charge in [-0.15, -0.1) is 0 Å². The van der Waals surface area contributed by atoms with Crippen molar-refractivity contribution in [2.24, 2.45) is 0 Å². The molecule has 0 amide bonds.